The van der Waals surface area contributed by atoms with Gasteiger partial charge in [0.2, 0.25) is 0 Å². The van der Waals surface area contributed by atoms with Crippen LogP contribution in [0, 0.1) is 6.92 Å². The molecule has 1 atom stereocenters. The number of halogens is 1. The Morgan fingerprint density at radius 2 is 2.25 bits per heavy atom. The summed E-state index contributed by atoms with van der Waals surface area (Å²) in [5.41, 5.74) is 2.48. The van der Waals surface area contributed by atoms with E-state index in [1.54, 1.807) is 0 Å². The van der Waals surface area contributed by atoms with Crippen molar-refractivity contribution in [3.63, 3.8) is 0 Å². The van der Waals surface area contributed by atoms with Crippen molar-refractivity contribution >= 4 is 15.9 Å². The Kier molecular flexibility index (Phi) is 3.66. The molecule has 0 fully saturated rings. The number of benzene rings is 1. The molecule has 1 aromatic rings. The highest BCUT2D eigenvalue weighted by molar-refractivity contribution is 9.10. The van der Waals surface area contributed by atoms with Gasteiger partial charge in [0.1, 0.15) is 5.76 Å². The van der Waals surface area contributed by atoms with Crippen molar-refractivity contribution in [2.24, 2.45) is 0 Å². The number of ether oxygens (including phenoxy) is 1. The third kappa shape index (κ3) is 2.30. The molecule has 2 nitrogen and oxygen atoms in total. The molecule has 0 aromatic heterocycles. The molecule has 2 rings (SSSR count). The number of hydrogen-bond acceptors (Lipinski definition) is 2. The fourth-order valence-corrected chi connectivity index (χ4v) is 2.68. The molecule has 1 heterocycles. The van der Waals surface area contributed by atoms with Crippen molar-refractivity contribution in [2.75, 3.05) is 13.7 Å². The van der Waals surface area contributed by atoms with Gasteiger partial charge in [0.05, 0.1) is 12.6 Å². The monoisotopic (exact) mass is 281 g/mol. The summed E-state index contributed by atoms with van der Waals surface area (Å²) in [6, 6.07) is 6.55. The van der Waals surface area contributed by atoms with E-state index in [1.807, 2.05) is 7.05 Å². The predicted molar refractivity (Wildman–Crippen MR) is 69.3 cm³/mol. The second-order valence-corrected chi connectivity index (χ2v) is 4.84. The van der Waals surface area contributed by atoms with Crippen molar-refractivity contribution in [3.05, 3.63) is 45.6 Å². The molecule has 0 bridgehead atoms. The fourth-order valence-electron chi connectivity index (χ4n) is 1.96. The maximum atomic E-state index is 5.62. The lowest BCUT2D eigenvalue weighted by Crippen LogP contribution is -2.19. The van der Waals surface area contributed by atoms with Crippen molar-refractivity contribution in [2.45, 2.75) is 19.4 Å². The number of likely N-dealkylation sites (N-methyl/N-ethyl adjacent to an activating group) is 1. The van der Waals surface area contributed by atoms with Gasteiger partial charge in [-0.05, 0) is 37.2 Å². The van der Waals surface area contributed by atoms with E-state index in [0.29, 0.717) is 0 Å². The molecular formula is C13H16BrNO. The second kappa shape index (κ2) is 5.02. The minimum absolute atomic E-state index is 0.150. The summed E-state index contributed by atoms with van der Waals surface area (Å²) in [4.78, 5) is 0. The molecule has 0 saturated carbocycles. The molecule has 0 saturated heterocycles. The molecular weight excluding hydrogens is 266 g/mol. The van der Waals surface area contributed by atoms with Crippen LogP contribution in [-0.2, 0) is 4.74 Å². The molecule has 1 unspecified atom stereocenters. The summed E-state index contributed by atoms with van der Waals surface area (Å²) < 4.78 is 6.75. The fraction of sp³-hybridized carbons (Fsp3) is 0.385. The maximum Gasteiger partial charge on any atom is 0.114 e. The molecule has 0 aliphatic carbocycles. The summed E-state index contributed by atoms with van der Waals surface area (Å²) >= 11 is 3.61. The van der Waals surface area contributed by atoms with Gasteiger partial charge in [-0.2, -0.15) is 0 Å². The minimum atomic E-state index is 0.150. The van der Waals surface area contributed by atoms with Crippen LogP contribution in [0.2, 0.25) is 0 Å². The van der Waals surface area contributed by atoms with Crippen LogP contribution >= 0.6 is 15.9 Å². The zero-order valence-electron chi connectivity index (χ0n) is 9.59. The topological polar surface area (TPSA) is 21.3 Å². The van der Waals surface area contributed by atoms with Gasteiger partial charge in [0.25, 0.3) is 0 Å². The Labute approximate surface area is 105 Å². The second-order valence-electron chi connectivity index (χ2n) is 3.99. The Hall–Kier alpha value is -0.800. The van der Waals surface area contributed by atoms with Crippen LogP contribution in [0.5, 0.6) is 0 Å². The van der Waals surface area contributed by atoms with Crippen LogP contribution in [0.25, 0.3) is 0 Å². The normalized spacial score (nSPS) is 16.8. The molecule has 0 amide bonds. The average Bonchev–Trinajstić information content (AvgIpc) is 2.75. The zero-order chi connectivity index (χ0) is 11.5. The van der Waals surface area contributed by atoms with Gasteiger partial charge in [-0.1, -0.05) is 28.1 Å². The van der Waals surface area contributed by atoms with Crippen LogP contribution in [0.15, 0.2) is 34.5 Å². The van der Waals surface area contributed by atoms with Gasteiger partial charge >= 0.3 is 0 Å². The van der Waals surface area contributed by atoms with Gasteiger partial charge in [0.15, 0.2) is 0 Å². The summed E-state index contributed by atoms with van der Waals surface area (Å²) in [6.07, 6.45) is 3.17. The predicted octanol–water partition coefficient (Wildman–Crippen LogP) is 3.32. The van der Waals surface area contributed by atoms with E-state index in [2.05, 4.69) is 52.4 Å². The van der Waals surface area contributed by atoms with Gasteiger partial charge in [0, 0.05) is 10.9 Å². The maximum absolute atomic E-state index is 5.62. The van der Waals surface area contributed by atoms with E-state index in [0.717, 1.165) is 23.3 Å². The number of rotatable bonds is 3. The molecule has 1 N–H and O–H groups in total. The van der Waals surface area contributed by atoms with Crippen molar-refractivity contribution in [3.8, 4) is 0 Å². The Balaban J connectivity index is 2.32. The van der Waals surface area contributed by atoms with Crippen LogP contribution in [0.4, 0.5) is 0 Å². The van der Waals surface area contributed by atoms with E-state index in [9.17, 15) is 0 Å². The SMILES string of the molecule is CNC(C1=CCCO1)c1ccc(C)cc1Br. The number of aryl methyl sites for hydroxylation is 1. The van der Waals surface area contributed by atoms with E-state index in [-0.39, 0.29) is 6.04 Å². The standard InChI is InChI=1S/C13H16BrNO/c1-9-5-6-10(11(14)8-9)13(15-2)12-4-3-7-16-12/h4-6,8,13,15H,3,7H2,1-2H3. The Bertz CT molecular complexity index is 414. The lowest BCUT2D eigenvalue weighted by Gasteiger charge is -2.19. The quantitative estimate of drug-likeness (QED) is 0.918. The van der Waals surface area contributed by atoms with Gasteiger partial charge in [-0.3, -0.25) is 0 Å². The lowest BCUT2D eigenvalue weighted by molar-refractivity contribution is 0.218. The van der Waals surface area contributed by atoms with Crippen LogP contribution in [-0.4, -0.2) is 13.7 Å². The summed E-state index contributed by atoms with van der Waals surface area (Å²) in [6.45, 7) is 2.89. The average molecular weight is 282 g/mol. The van der Waals surface area contributed by atoms with Gasteiger partial charge in [-0.25, -0.2) is 0 Å². The molecule has 1 aliphatic heterocycles. The molecule has 1 aliphatic rings. The van der Waals surface area contributed by atoms with Crippen molar-refractivity contribution in [1.29, 1.82) is 0 Å². The first-order valence-corrected chi connectivity index (χ1v) is 6.28. The van der Waals surface area contributed by atoms with E-state index in [1.165, 1.54) is 11.1 Å². The van der Waals surface area contributed by atoms with E-state index in [4.69, 9.17) is 4.74 Å². The van der Waals surface area contributed by atoms with E-state index >= 15 is 0 Å². The lowest BCUT2D eigenvalue weighted by atomic mass is 10.0. The van der Waals surface area contributed by atoms with Crippen molar-refractivity contribution < 1.29 is 4.74 Å². The molecule has 86 valence electrons. The third-order valence-electron chi connectivity index (χ3n) is 2.77. The first-order valence-electron chi connectivity index (χ1n) is 5.48. The van der Waals surface area contributed by atoms with Gasteiger partial charge in [-0.15, -0.1) is 0 Å². The van der Waals surface area contributed by atoms with E-state index < -0.39 is 0 Å². The zero-order valence-corrected chi connectivity index (χ0v) is 11.2. The van der Waals surface area contributed by atoms with Crippen molar-refractivity contribution in [1.82, 2.24) is 5.32 Å². The first kappa shape index (κ1) is 11.7. The summed E-state index contributed by atoms with van der Waals surface area (Å²) in [5, 5.41) is 3.30. The first-order chi connectivity index (χ1) is 7.72. The highest BCUT2D eigenvalue weighted by atomic mass is 79.9. The van der Waals surface area contributed by atoms with Crippen LogP contribution < -0.4 is 5.32 Å². The third-order valence-corrected chi connectivity index (χ3v) is 3.46. The summed E-state index contributed by atoms with van der Waals surface area (Å²) in [7, 11) is 1.96. The molecule has 0 radical (unpaired) electrons. The highest BCUT2D eigenvalue weighted by Crippen LogP contribution is 2.31. The smallest absolute Gasteiger partial charge is 0.114 e. The molecule has 0 spiro atoms. The van der Waals surface area contributed by atoms with Gasteiger partial charge < -0.3 is 10.1 Å². The molecule has 16 heavy (non-hydrogen) atoms. The highest BCUT2D eigenvalue weighted by Gasteiger charge is 2.20. The Morgan fingerprint density at radius 1 is 1.44 bits per heavy atom. The summed E-state index contributed by atoms with van der Waals surface area (Å²) in [5.74, 6) is 1.03. The number of nitrogens with one attached hydrogen (secondary N) is 1. The van der Waals surface area contributed by atoms with Crippen LogP contribution in [0.3, 0.4) is 0 Å². The Morgan fingerprint density at radius 3 is 2.81 bits per heavy atom. The minimum Gasteiger partial charge on any atom is -0.496 e. The molecule has 1 aromatic carbocycles. The van der Waals surface area contributed by atoms with Crippen LogP contribution in [0.1, 0.15) is 23.6 Å². The largest absolute Gasteiger partial charge is 0.496 e. The molecule has 3 heteroatoms. The number of hydrogen-bond donors (Lipinski definition) is 1.